The van der Waals surface area contributed by atoms with E-state index < -0.39 is 5.97 Å². The summed E-state index contributed by atoms with van der Waals surface area (Å²) in [7, 11) is 0. The van der Waals surface area contributed by atoms with E-state index in [4.69, 9.17) is 9.15 Å². The number of hydrogen-bond donors (Lipinski definition) is 1. The first-order valence-electron chi connectivity index (χ1n) is 6.79. The second kappa shape index (κ2) is 5.64. The minimum Gasteiger partial charge on any atom is -0.478 e. The Balaban J connectivity index is 1.93. The van der Waals surface area contributed by atoms with Gasteiger partial charge in [0, 0.05) is 25.1 Å². The number of para-hydroxylation sites is 1. The van der Waals surface area contributed by atoms with Crippen LogP contribution in [-0.2, 0) is 11.3 Å². The number of hydrogen-bond acceptors (Lipinski definition) is 4. The third kappa shape index (κ3) is 2.55. The Hall–Kier alpha value is -1.85. The van der Waals surface area contributed by atoms with E-state index in [9.17, 15) is 9.90 Å². The SMILES string of the molecule is O=C(O)c1c(CN2CCCOCC2)oc2ccccc12. The highest BCUT2D eigenvalue weighted by molar-refractivity contribution is 6.03. The molecule has 0 amide bonds. The van der Waals surface area contributed by atoms with Crippen LogP contribution in [0.3, 0.4) is 0 Å². The Morgan fingerprint density at radius 1 is 1.25 bits per heavy atom. The van der Waals surface area contributed by atoms with Crippen molar-refractivity contribution in [1.29, 1.82) is 0 Å². The topological polar surface area (TPSA) is 62.9 Å². The Morgan fingerprint density at radius 2 is 2.10 bits per heavy atom. The standard InChI is InChI=1S/C15H17NO4/c17-15(18)14-11-4-1-2-5-12(11)20-13(14)10-16-6-3-8-19-9-7-16/h1-2,4-5H,3,6-10H2,(H,17,18). The van der Waals surface area contributed by atoms with Crippen LogP contribution < -0.4 is 0 Å². The largest absolute Gasteiger partial charge is 0.478 e. The van der Waals surface area contributed by atoms with Crippen LogP contribution in [0.15, 0.2) is 28.7 Å². The Morgan fingerprint density at radius 3 is 2.95 bits per heavy atom. The van der Waals surface area contributed by atoms with Crippen molar-refractivity contribution in [3.05, 3.63) is 35.6 Å². The maximum atomic E-state index is 11.5. The fourth-order valence-electron chi connectivity index (χ4n) is 2.60. The lowest BCUT2D eigenvalue weighted by Gasteiger charge is -2.17. The van der Waals surface area contributed by atoms with Crippen LogP contribution in [0.2, 0.25) is 0 Å². The lowest BCUT2D eigenvalue weighted by Crippen LogP contribution is -2.26. The van der Waals surface area contributed by atoms with E-state index in [2.05, 4.69) is 4.90 Å². The first kappa shape index (κ1) is 13.1. The highest BCUT2D eigenvalue weighted by Crippen LogP contribution is 2.27. The van der Waals surface area contributed by atoms with Crippen molar-refractivity contribution in [3.8, 4) is 0 Å². The zero-order valence-electron chi connectivity index (χ0n) is 11.2. The molecule has 1 fully saturated rings. The van der Waals surface area contributed by atoms with E-state index in [1.54, 1.807) is 12.1 Å². The molecule has 1 aromatic carbocycles. The second-order valence-corrected chi connectivity index (χ2v) is 4.94. The number of aromatic carboxylic acids is 1. The lowest BCUT2D eigenvalue weighted by atomic mass is 10.1. The summed E-state index contributed by atoms with van der Waals surface area (Å²) in [6.45, 7) is 3.66. The minimum absolute atomic E-state index is 0.283. The summed E-state index contributed by atoms with van der Waals surface area (Å²) in [6.07, 6.45) is 0.961. The van der Waals surface area contributed by atoms with Crippen molar-refractivity contribution < 1.29 is 19.1 Å². The molecule has 0 atom stereocenters. The molecule has 0 aliphatic carbocycles. The quantitative estimate of drug-likeness (QED) is 0.931. The predicted octanol–water partition coefficient (Wildman–Crippen LogP) is 2.35. The van der Waals surface area contributed by atoms with Gasteiger partial charge in [0.15, 0.2) is 0 Å². The molecule has 0 unspecified atom stereocenters. The van der Waals surface area contributed by atoms with E-state index in [1.165, 1.54) is 0 Å². The molecule has 1 aliphatic heterocycles. The highest BCUT2D eigenvalue weighted by atomic mass is 16.5. The summed E-state index contributed by atoms with van der Waals surface area (Å²) in [6, 6.07) is 7.27. The summed E-state index contributed by atoms with van der Waals surface area (Å²) < 4.78 is 11.2. The molecular formula is C15H17NO4. The number of benzene rings is 1. The van der Waals surface area contributed by atoms with Crippen LogP contribution in [0.4, 0.5) is 0 Å². The average Bonchev–Trinajstić information content (AvgIpc) is 2.60. The Labute approximate surface area is 116 Å². The molecule has 1 saturated heterocycles. The molecule has 0 bridgehead atoms. The number of nitrogens with zero attached hydrogens (tertiary/aromatic N) is 1. The molecule has 3 rings (SSSR count). The first-order chi connectivity index (χ1) is 9.75. The van der Waals surface area contributed by atoms with Crippen LogP contribution in [-0.4, -0.2) is 42.3 Å². The smallest absolute Gasteiger partial charge is 0.339 e. The third-order valence-corrected chi connectivity index (χ3v) is 3.56. The van der Waals surface area contributed by atoms with Gasteiger partial charge in [-0.1, -0.05) is 18.2 Å². The van der Waals surface area contributed by atoms with Crippen LogP contribution >= 0.6 is 0 Å². The number of carboxylic acids is 1. The van der Waals surface area contributed by atoms with Crippen molar-refractivity contribution in [2.75, 3.05) is 26.3 Å². The summed E-state index contributed by atoms with van der Waals surface area (Å²) in [5, 5.41) is 10.1. The third-order valence-electron chi connectivity index (χ3n) is 3.56. The number of fused-ring (bicyclic) bond motifs is 1. The zero-order valence-corrected chi connectivity index (χ0v) is 11.2. The molecule has 5 nitrogen and oxygen atoms in total. The van der Waals surface area contributed by atoms with Gasteiger partial charge in [-0.05, 0) is 12.5 Å². The molecule has 2 aromatic rings. The maximum absolute atomic E-state index is 11.5. The van der Waals surface area contributed by atoms with Crippen LogP contribution in [0, 0.1) is 0 Å². The number of ether oxygens (including phenoxy) is 1. The molecule has 2 heterocycles. The molecule has 0 spiro atoms. The van der Waals surface area contributed by atoms with E-state index in [0.717, 1.165) is 26.1 Å². The first-order valence-corrected chi connectivity index (χ1v) is 6.79. The number of rotatable bonds is 3. The molecule has 0 radical (unpaired) electrons. The fraction of sp³-hybridized carbons (Fsp3) is 0.400. The summed E-state index contributed by atoms with van der Waals surface area (Å²) >= 11 is 0. The molecule has 1 aliphatic rings. The molecule has 1 aromatic heterocycles. The van der Waals surface area contributed by atoms with Crippen LogP contribution in [0.25, 0.3) is 11.0 Å². The van der Waals surface area contributed by atoms with Gasteiger partial charge in [0.2, 0.25) is 0 Å². The normalized spacial score (nSPS) is 17.2. The number of carboxylic acid groups (broad SMARTS) is 1. The fourth-order valence-corrected chi connectivity index (χ4v) is 2.60. The zero-order chi connectivity index (χ0) is 13.9. The maximum Gasteiger partial charge on any atom is 0.339 e. The summed E-state index contributed by atoms with van der Waals surface area (Å²) in [5.41, 5.74) is 0.914. The summed E-state index contributed by atoms with van der Waals surface area (Å²) in [5.74, 6) is -0.406. The van der Waals surface area contributed by atoms with E-state index in [0.29, 0.717) is 29.9 Å². The van der Waals surface area contributed by atoms with E-state index >= 15 is 0 Å². The van der Waals surface area contributed by atoms with Gasteiger partial charge in [0.1, 0.15) is 16.9 Å². The molecule has 20 heavy (non-hydrogen) atoms. The van der Waals surface area contributed by atoms with Crippen LogP contribution in [0.5, 0.6) is 0 Å². The predicted molar refractivity (Wildman–Crippen MR) is 73.9 cm³/mol. The highest BCUT2D eigenvalue weighted by Gasteiger charge is 2.22. The minimum atomic E-state index is -0.934. The van der Waals surface area contributed by atoms with Gasteiger partial charge in [0.25, 0.3) is 0 Å². The van der Waals surface area contributed by atoms with Crippen molar-refractivity contribution in [2.24, 2.45) is 0 Å². The van der Waals surface area contributed by atoms with Crippen molar-refractivity contribution in [2.45, 2.75) is 13.0 Å². The molecule has 0 saturated carbocycles. The van der Waals surface area contributed by atoms with E-state index in [1.807, 2.05) is 12.1 Å². The Bertz CT molecular complexity index is 611. The van der Waals surface area contributed by atoms with Gasteiger partial charge in [-0.3, -0.25) is 4.90 Å². The van der Waals surface area contributed by atoms with Gasteiger partial charge in [0.05, 0.1) is 13.2 Å². The lowest BCUT2D eigenvalue weighted by molar-refractivity contribution is 0.0694. The summed E-state index contributed by atoms with van der Waals surface area (Å²) in [4.78, 5) is 13.7. The number of furan rings is 1. The molecular weight excluding hydrogens is 258 g/mol. The van der Waals surface area contributed by atoms with Crippen LogP contribution in [0.1, 0.15) is 22.5 Å². The molecule has 106 valence electrons. The second-order valence-electron chi connectivity index (χ2n) is 4.94. The monoisotopic (exact) mass is 275 g/mol. The average molecular weight is 275 g/mol. The molecule has 5 heteroatoms. The van der Waals surface area contributed by atoms with E-state index in [-0.39, 0.29) is 5.56 Å². The number of carbonyl (C=O) groups is 1. The van der Waals surface area contributed by atoms with Gasteiger partial charge in [-0.25, -0.2) is 4.79 Å². The van der Waals surface area contributed by atoms with Crippen molar-refractivity contribution >= 4 is 16.9 Å². The van der Waals surface area contributed by atoms with Gasteiger partial charge < -0.3 is 14.3 Å². The van der Waals surface area contributed by atoms with Gasteiger partial charge >= 0.3 is 5.97 Å². The molecule has 1 N–H and O–H groups in total. The van der Waals surface area contributed by atoms with Crippen molar-refractivity contribution in [3.63, 3.8) is 0 Å². The van der Waals surface area contributed by atoms with Gasteiger partial charge in [-0.15, -0.1) is 0 Å². The van der Waals surface area contributed by atoms with Gasteiger partial charge in [-0.2, -0.15) is 0 Å². The van der Waals surface area contributed by atoms with Crippen molar-refractivity contribution in [1.82, 2.24) is 4.90 Å². The Kier molecular flexibility index (Phi) is 3.71.